The standard InChI is InChI=1S/C16H14F3N3O3S2/c1-9-14(27(23,24)22-10-3-5-11(25-2)6-4-10)8-13(26-9)12-7-15(21-20-12)16(17,18)19/h3-8,22H,1-2H3,(H,20,21). The van der Waals surface area contributed by atoms with Crippen molar-refractivity contribution in [1.82, 2.24) is 10.2 Å². The third kappa shape index (κ3) is 4.08. The summed E-state index contributed by atoms with van der Waals surface area (Å²) < 4.78 is 70.8. The fraction of sp³-hybridized carbons (Fsp3) is 0.188. The van der Waals surface area contributed by atoms with Gasteiger partial charge in [0.1, 0.15) is 22.0 Å². The van der Waals surface area contributed by atoms with Gasteiger partial charge in [0.25, 0.3) is 10.0 Å². The highest BCUT2D eigenvalue weighted by Gasteiger charge is 2.33. The molecule has 0 atom stereocenters. The Morgan fingerprint density at radius 1 is 1.19 bits per heavy atom. The Bertz CT molecular complexity index is 1050. The van der Waals surface area contributed by atoms with Gasteiger partial charge in [0.05, 0.1) is 12.0 Å². The number of hydrogen-bond acceptors (Lipinski definition) is 5. The largest absolute Gasteiger partial charge is 0.497 e. The summed E-state index contributed by atoms with van der Waals surface area (Å²) in [6.07, 6.45) is -4.55. The van der Waals surface area contributed by atoms with Gasteiger partial charge in [-0.15, -0.1) is 11.3 Å². The van der Waals surface area contributed by atoms with Crippen LogP contribution < -0.4 is 9.46 Å². The molecule has 0 aliphatic rings. The van der Waals surface area contributed by atoms with Gasteiger partial charge >= 0.3 is 6.18 Å². The molecule has 2 aromatic heterocycles. The first-order valence-electron chi connectivity index (χ1n) is 7.50. The van der Waals surface area contributed by atoms with Crippen molar-refractivity contribution in [1.29, 1.82) is 0 Å². The molecule has 3 aromatic rings. The lowest BCUT2D eigenvalue weighted by Crippen LogP contribution is -2.13. The maximum Gasteiger partial charge on any atom is 0.432 e. The molecule has 0 saturated heterocycles. The van der Waals surface area contributed by atoms with Gasteiger partial charge in [0.2, 0.25) is 0 Å². The fourth-order valence-corrected chi connectivity index (χ4v) is 4.93. The number of rotatable bonds is 5. The lowest BCUT2D eigenvalue weighted by atomic mass is 10.3. The van der Waals surface area contributed by atoms with Gasteiger partial charge in [0.15, 0.2) is 0 Å². The van der Waals surface area contributed by atoms with Crippen LogP contribution in [0.2, 0.25) is 0 Å². The third-order valence-electron chi connectivity index (χ3n) is 3.64. The number of halogens is 3. The summed E-state index contributed by atoms with van der Waals surface area (Å²) in [5.41, 5.74) is -0.632. The van der Waals surface area contributed by atoms with Crippen LogP contribution in [0.5, 0.6) is 5.75 Å². The number of anilines is 1. The Morgan fingerprint density at radius 3 is 2.41 bits per heavy atom. The van der Waals surface area contributed by atoms with E-state index in [1.807, 2.05) is 5.10 Å². The molecule has 1 aromatic carbocycles. The lowest BCUT2D eigenvalue weighted by Gasteiger charge is -2.08. The molecule has 0 bridgehead atoms. The number of ether oxygens (including phenoxy) is 1. The van der Waals surface area contributed by atoms with Crippen molar-refractivity contribution in [3.8, 4) is 16.3 Å². The van der Waals surface area contributed by atoms with E-state index in [-0.39, 0.29) is 10.6 Å². The van der Waals surface area contributed by atoms with E-state index in [0.717, 1.165) is 17.4 Å². The van der Waals surface area contributed by atoms with E-state index in [1.165, 1.54) is 13.2 Å². The predicted molar refractivity (Wildman–Crippen MR) is 95.4 cm³/mol. The number of sulfonamides is 1. The summed E-state index contributed by atoms with van der Waals surface area (Å²) in [7, 11) is -2.42. The van der Waals surface area contributed by atoms with E-state index in [4.69, 9.17) is 4.74 Å². The quantitative estimate of drug-likeness (QED) is 0.649. The maximum atomic E-state index is 12.7. The molecule has 0 unspecified atom stereocenters. The summed E-state index contributed by atoms with van der Waals surface area (Å²) in [5.74, 6) is 0.575. The van der Waals surface area contributed by atoms with Crippen LogP contribution in [0.4, 0.5) is 18.9 Å². The zero-order chi connectivity index (χ0) is 19.8. The van der Waals surface area contributed by atoms with Crippen molar-refractivity contribution in [3.63, 3.8) is 0 Å². The number of benzene rings is 1. The molecule has 0 aliphatic carbocycles. The molecule has 0 radical (unpaired) electrons. The van der Waals surface area contributed by atoms with E-state index < -0.39 is 21.9 Å². The van der Waals surface area contributed by atoms with Gasteiger partial charge in [-0.2, -0.15) is 18.3 Å². The summed E-state index contributed by atoms with van der Waals surface area (Å²) in [4.78, 5) is 0.729. The van der Waals surface area contributed by atoms with Gasteiger partial charge in [-0.05, 0) is 43.3 Å². The molecule has 0 aliphatic heterocycles. The van der Waals surface area contributed by atoms with Crippen LogP contribution in [0.3, 0.4) is 0 Å². The van der Waals surface area contributed by atoms with Crippen molar-refractivity contribution in [2.45, 2.75) is 18.0 Å². The van der Waals surface area contributed by atoms with E-state index >= 15 is 0 Å². The second-order valence-electron chi connectivity index (χ2n) is 5.53. The minimum atomic E-state index is -4.55. The van der Waals surface area contributed by atoms with Gasteiger partial charge in [-0.3, -0.25) is 9.82 Å². The summed E-state index contributed by atoms with van der Waals surface area (Å²) in [5, 5.41) is 5.55. The molecule has 11 heteroatoms. The molecule has 27 heavy (non-hydrogen) atoms. The van der Waals surface area contributed by atoms with Crippen molar-refractivity contribution < 1.29 is 26.3 Å². The predicted octanol–water partition coefficient (Wildman–Crippen LogP) is 4.27. The number of thiophene rings is 1. The zero-order valence-electron chi connectivity index (χ0n) is 14.1. The van der Waals surface area contributed by atoms with Crippen LogP contribution in [0.1, 0.15) is 10.6 Å². The van der Waals surface area contributed by atoms with Crippen molar-refractivity contribution >= 4 is 27.0 Å². The summed E-state index contributed by atoms with van der Waals surface area (Å²) in [6.45, 7) is 1.58. The Labute approximate surface area is 157 Å². The van der Waals surface area contributed by atoms with Gasteiger partial charge in [0, 0.05) is 10.6 Å². The smallest absolute Gasteiger partial charge is 0.432 e. The van der Waals surface area contributed by atoms with Gasteiger partial charge in [-0.1, -0.05) is 0 Å². The lowest BCUT2D eigenvalue weighted by molar-refractivity contribution is -0.141. The average molecular weight is 417 g/mol. The average Bonchev–Trinajstić information content (AvgIpc) is 3.22. The van der Waals surface area contributed by atoms with Crippen LogP contribution in [-0.4, -0.2) is 25.7 Å². The number of nitrogens with one attached hydrogen (secondary N) is 2. The Kier molecular flexibility index (Phi) is 4.91. The van der Waals surface area contributed by atoms with Crippen LogP contribution in [-0.2, 0) is 16.2 Å². The van der Waals surface area contributed by atoms with Crippen LogP contribution in [0, 0.1) is 6.92 Å². The Morgan fingerprint density at radius 2 is 1.85 bits per heavy atom. The number of H-pyrrole nitrogens is 1. The number of aromatic nitrogens is 2. The van der Waals surface area contributed by atoms with Crippen LogP contribution >= 0.6 is 11.3 Å². The number of alkyl halides is 3. The summed E-state index contributed by atoms with van der Waals surface area (Å²) in [6, 6.07) is 8.45. The number of aromatic amines is 1. The highest BCUT2D eigenvalue weighted by molar-refractivity contribution is 7.93. The molecule has 2 heterocycles. The number of nitrogens with zero attached hydrogens (tertiary/aromatic N) is 1. The van der Waals surface area contributed by atoms with E-state index in [9.17, 15) is 21.6 Å². The van der Waals surface area contributed by atoms with Gasteiger partial charge in [-0.25, -0.2) is 8.42 Å². The highest BCUT2D eigenvalue weighted by Crippen LogP contribution is 2.36. The molecule has 2 N–H and O–H groups in total. The monoisotopic (exact) mass is 417 g/mol. The first kappa shape index (κ1) is 19.2. The highest BCUT2D eigenvalue weighted by atomic mass is 32.2. The minimum Gasteiger partial charge on any atom is -0.497 e. The molecule has 0 fully saturated rings. The molecule has 0 saturated carbocycles. The molecular weight excluding hydrogens is 403 g/mol. The van der Waals surface area contributed by atoms with Crippen molar-refractivity contribution in [2.24, 2.45) is 0 Å². The molecule has 144 valence electrons. The minimum absolute atomic E-state index is 0.0186. The SMILES string of the molecule is COc1ccc(NS(=O)(=O)c2cc(-c3cc(C(F)(F)F)[nH]n3)sc2C)cc1. The normalized spacial score (nSPS) is 12.2. The van der Waals surface area contributed by atoms with E-state index in [0.29, 0.717) is 21.2 Å². The first-order valence-corrected chi connectivity index (χ1v) is 9.80. The molecule has 0 amide bonds. The number of methoxy groups -OCH3 is 1. The van der Waals surface area contributed by atoms with Crippen molar-refractivity contribution in [2.75, 3.05) is 11.8 Å². The fourth-order valence-electron chi connectivity index (χ4n) is 2.32. The number of hydrogen-bond donors (Lipinski definition) is 2. The first-order chi connectivity index (χ1) is 12.6. The van der Waals surface area contributed by atoms with Crippen LogP contribution in [0.25, 0.3) is 10.6 Å². The Hall–Kier alpha value is -2.53. The molecule has 0 spiro atoms. The maximum absolute atomic E-state index is 12.7. The Balaban J connectivity index is 1.89. The molecule has 3 rings (SSSR count). The summed E-state index contributed by atoms with van der Waals surface area (Å²) >= 11 is 1.05. The van der Waals surface area contributed by atoms with Crippen molar-refractivity contribution in [3.05, 3.63) is 47.0 Å². The second kappa shape index (κ2) is 6.89. The second-order valence-corrected chi connectivity index (χ2v) is 8.44. The molecular formula is C16H14F3N3O3S2. The zero-order valence-corrected chi connectivity index (χ0v) is 15.7. The van der Waals surface area contributed by atoms with Gasteiger partial charge < -0.3 is 4.74 Å². The third-order valence-corrected chi connectivity index (χ3v) is 6.35. The topological polar surface area (TPSA) is 84.1 Å². The van der Waals surface area contributed by atoms with Crippen LogP contribution in [0.15, 0.2) is 41.3 Å². The van der Waals surface area contributed by atoms with E-state index in [2.05, 4.69) is 9.82 Å². The number of aryl methyl sites for hydroxylation is 1. The van der Waals surface area contributed by atoms with E-state index in [1.54, 1.807) is 31.2 Å². The molecule has 6 nitrogen and oxygen atoms in total.